The van der Waals surface area contributed by atoms with Gasteiger partial charge in [-0.25, -0.2) is 24.7 Å². The Kier molecular flexibility index (Phi) is 5.02. The van der Waals surface area contributed by atoms with Crippen LogP contribution in [0.2, 0.25) is 0 Å². The molecule has 1 aromatic carbocycles. The molecule has 4 rings (SSSR count). The maximum absolute atomic E-state index is 12.0. The normalized spacial score (nSPS) is 10.5. The van der Waals surface area contributed by atoms with Crippen molar-refractivity contribution < 1.29 is 9.53 Å². The first kappa shape index (κ1) is 17.7. The van der Waals surface area contributed by atoms with Crippen LogP contribution in [0, 0.1) is 0 Å². The Hall–Kier alpha value is -3.66. The van der Waals surface area contributed by atoms with E-state index in [-0.39, 0.29) is 0 Å². The zero-order valence-corrected chi connectivity index (χ0v) is 15.8. The van der Waals surface area contributed by atoms with Crippen molar-refractivity contribution in [1.82, 2.24) is 24.9 Å². The highest BCUT2D eigenvalue weighted by Crippen LogP contribution is 2.28. The van der Waals surface area contributed by atoms with Gasteiger partial charge in [0.15, 0.2) is 11.5 Å². The third-order valence-electron chi connectivity index (χ3n) is 3.55. The molecule has 138 valence electrons. The maximum atomic E-state index is 12.0. The van der Waals surface area contributed by atoms with Crippen LogP contribution in [-0.2, 0) is 0 Å². The van der Waals surface area contributed by atoms with E-state index in [1.165, 1.54) is 24.9 Å². The smallest absolute Gasteiger partial charge is 0.324 e. The van der Waals surface area contributed by atoms with Crippen molar-refractivity contribution in [2.24, 2.45) is 0 Å². The first-order valence-electron chi connectivity index (χ1n) is 8.05. The Bertz CT molecular complexity index is 1120. The van der Waals surface area contributed by atoms with Crippen molar-refractivity contribution in [3.05, 3.63) is 65.9 Å². The number of aromatic nitrogens is 5. The fourth-order valence-corrected chi connectivity index (χ4v) is 2.67. The van der Waals surface area contributed by atoms with E-state index in [4.69, 9.17) is 4.74 Å². The molecule has 28 heavy (non-hydrogen) atoms. The number of carbonyl (C=O) groups is 1. The predicted octanol–water partition coefficient (Wildman–Crippen LogP) is 4.01. The number of urea groups is 1. The zero-order valence-electron chi connectivity index (χ0n) is 14.2. The van der Waals surface area contributed by atoms with Gasteiger partial charge in [-0.15, -0.1) is 0 Å². The SMILES string of the molecule is O=C(Nc1ccc(Oc2ncnc3ncc(Br)cc23)cc1)Nc1cnccn1. The summed E-state index contributed by atoms with van der Waals surface area (Å²) < 4.78 is 6.64. The second-order valence-corrected chi connectivity index (χ2v) is 6.42. The van der Waals surface area contributed by atoms with E-state index in [2.05, 4.69) is 51.5 Å². The molecule has 0 spiro atoms. The highest BCUT2D eigenvalue weighted by Gasteiger charge is 2.09. The molecule has 0 fully saturated rings. The van der Waals surface area contributed by atoms with Gasteiger partial charge < -0.3 is 10.1 Å². The minimum Gasteiger partial charge on any atom is -0.438 e. The first-order valence-corrected chi connectivity index (χ1v) is 8.85. The van der Waals surface area contributed by atoms with Gasteiger partial charge in [0.1, 0.15) is 12.1 Å². The lowest BCUT2D eigenvalue weighted by atomic mass is 10.3. The molecule has 9 nitrogen and oxygen atoms in total. The second kappa shape index (κ2) is 7.92. The van der Waals surface area contributed by atoms with Gasteiger partial charge in [0, 0.05) is 28.8 Å². The van der Waals surface area contributed by atoms with Crippen LogP contribution in [-0.4, -0.2) is 31.0 Å². The zero-order chi connectivity index (χ0) is 19.3. The van der Waals surface area contributed by atoms with Crippen LogP contribution in [0.3, 0.4) is 0 Å². The van der Waals surface area contributed by atoms with E-state index < -0.39 is 6.03 Å². The number of pyridine rings is 1. The van der Waals surface area contributed by atoms with Gasteiger partial charge in [0.05, 0.1) is 11.6 Å². The van der Waals surface area contributed by atoms with Crippen LogP contribution < -0.4 is 15.4 Å². The van der Waals surface area contributed by atoms with Gasteiger partial charge in [-0.2, -0.15) is 0 Å². The number of nitrogens with one attached hydrogen (secondary N) is 2. The number of nitrogens with zero attached hydrogens (tertiary/aromatic N) is 5. The molecule has 2 amide bonds. The molecular formula is C18H12BrN7O2. The fraction of sp³-hybridized carbons (Fsp3) is 0. The number of amides is 2. The van der Waals surface area contributed by atoms with E-state index >= 15 is 0 Å². The summed E-state index contributed by atoms with van der Waals surface area (Å²) in [5, 5.41) is 5.97. The van der Waals surface area contributed by atoms with Gasteiger partial charge in [0.2, 0.25) is 5.88 Å². The molecule has 0 saturated carbocycles. The van der Waals surface area contributed by atoms with Crippen LogP contribution >= 0.6 is 15.9 Å². The lowest BCUT2D eigenvalue weighted by Gasteiger charge is -2.09. The van der Waals surface area contributed by atoms with Gasteiger partial charge in [-0.3, -0.25) is 10.3 Å². The quantitative estimate of drug-likeness (QED) is 0.495. The number of hydrogen-bond donors (Lipinski definition) is 2. The molecule has 0 atom stereocenters. The van der Waals surface area contributed by atoms with Crippen LogP contribution in [0.4, 0.5) is 16.3 Å². The third kappa shape index (κ3) is 4.18. The summed E-state index contributed by atoms with van der Waals surface area (Å²) in [6, 6.07) is 8.28. The number of benzene rings is 1. The minimum atomic E-state index is -0.424. The molecule has 2 N–H and O–H groups in total. The largest absolute Gasteiger partial charge is 0.438 e. The summed E-state index contributed by atoms with van der Waals surface area (Å²) in [5.74, 6) is 1.30. The van der Waals surface area contributed by atoms with Crippen molar-refractivity contribution >= 4 is 44.5 Å². The Morgan fingerprint density at radius 2 is 1.82 bits per heavy atom. The van der Waals surface area contributed by atoms with Crippen LogP contribution in [0.5, 0.6) is 11.6 Å². The molecule has 0 radical (unpaired) electrons. The summed E-state index contributed by atoms with van der Waals surface area (Å²) in [7, 11) is 0. The highest BCUT2D eigenvalue weighted by atomic mass is 79.9. The van der Waals surface area contributed by atoms with E-state index in [1.807, 2.05) is 6.07 Å². The molecular weight excluding hydrogens is 426 g/mol. The number of ether oxygens (including phenoxy) is 1. The number of anilines is 2. The molecule has 0 saturated heterocycles. The summed E-state index contributed by atoms with van der Waals surface area (Å²) in [6.07, 6.45) is 7.52. The first-order chi connectivity index (χ1) is 13.7. The van der Waals surface area contributed by atoms with Gasteiger partial charge >= 0.3 is 6.03 Å². The molecule has 0 aliphatic heterocycles. The van der Waals surface area contributed by atoms with Crippen LogP contribution in [0.25, 0.3) is 11.0 Å². The number of rotatable bonds is 4. The summed E-state index contributed by atoms with van der Waals surface area (Å²) >= 11 is 3.38. The second-order valence-electron chi connectivity index (χ2n) is 5.50. The van der Waals surface area contributed by atoms with E-state index in [0.717, 1.165) is 4.47 Å². The molecule has 0 unspecified atom stereocenters. The molecule has 0 bridgehead atoms. The lowest BCUT2D eigenvalue weighted by molar-refractivity contribution is 0.262. The van der Waals surface area contributed by atoms with Crippen LogP contribution in [0.15, 0.2) is 65.9 Å². The fourth-order valence-electron chi connectivity index (χ4n) is 2.34. The number of hydrogen-bond acceptors (Lipinski definition) is 7. The molecule has 0 aliphatic carbocycles. The molecule has 0 aliphatic rings. The molecule has 4 aromatic rings. The number of halogens is 1. The van der Waals surface area contributed by atoms with E-state index in [9.17, 15) is 4.79 Å². The van der Waals surface area contributed by atoms with E-state index in [1.54, 1.807) is 30.5 Å². The standard InChI is InChI=1S/C18H12BrN7O2/c19-11-7-14-16(22-8-11)23-10-24-17(14)28-13-3-1-12(2-4-13)25-18(27)26-15-9-20-5-6-21-15/h1-10H,(H2,21,25,26,27). The van der Waals surface area contributed by atoms with E-state index in [0.29, 0.717) is 34.2 Å². The topological polar surface area (TPSA) is 115 Å². The average molecular weight is 438 g/mol. The Labute approximate surface area is 167 Å². The van der Waals surface area contributed by atoms with Gasteiger partial charge in [-0.05, 0) is 46.3 Å². The maximum Gasteiger partial charge on any atom is 0.324 e. The average Bonchev–Trinajstić information content (AvgIpc) is 2.70. The van der Waals surface area contributed by atoms with Crippen LogP contribution in [0.1, 0.15) is 0 Å². The van der Waals surface area contributed by atoms with Crippen molar-refractivity contribution in [3.8, 4) is 11.6 Å². The Balaban J connectivity index is 1.45. The number of fused-ring (bicyclic) bond motifs is 1. The van der Waals surface area contributed by atoms with Gasteiger partial charge in [-0.1, -0.05) is 0 Å². The molecule has 3 heterocycles. The van der Waals surface area contributed by atoms with Crippen molar-refractivity contribution in [3.63, 3.8) is 0 Å². The lowest BCUT2D eigenvalue weighted by Crippen LogP contribution is -2.20. The summed E-state index contributed by atoms with van der Waals surface area (Å²) in [5.41, 5.74) is 1.12. The van der Waals surface area contributed by atoms with Crippen molar-refractivity contribution in [1.29, 1.82) is 0 Å². The van der Waals surface area contributed by atoms with Crippen molar-refractivity contribution in [2.45, 2.75) is 0 Å². The van der Waals surface area contributed by atoms with Gasteiger partial charge in [0.25, 0.3) is 0 Å². The molecule has 10 heteroatoms. The Morgan fingerprint density at radius 3 is 2.61 bits per heavy atom. The Morgan fingerprint density at radius 1 is 0.964 bits per heavy atom. The van der Waals surface area contributed by atoms with Crippen molar-refractivity contribution in [2.75, 3.05) is 10.6 Å². The molecule has 3 aromatic heterocycles. The monoisotopic (exact) mass is 437 g/mol. The third-order valence-corrected chi connectivity index (χ3v) is 3.98. The summed E-state index contributed by atoms with van der Waals surface area (Å²) in [4.78, 5) is 32.4. The predicted molar refractivity (Wildman–Crippen MR) is 106 cm³/mol. The minimum absolute atomic E-state index is 0.357. The summed E-state index contributed by atoms with van der Waals surface area (Å²) in [6.45, 7) is 0. The highest BCUT2D eigenvalue weighted by molar-refractivity contribution is 9.10. The number of carbonyl (C=O) groups excluding carboxylic acids is 1.